The average Bonchev–Trinajstić information content (AvgIpc) is 2.86. The van der Waals surface area contributed by atoms with Crippen molar-refractivity contribution in [3.63, 3.8) is 0 Å². The van der Waals surface area contributed by atoms with E-state index in [1.807, 2.05) is 60.7 Å². The fourth-order valence-corrected chi connectivity index (χ4v) is 4.10. The minimum atomic E-state index is -2.34. The second-order valence-corrected chi connectivity index (χ2v) is 12.0. The second kappa shape index (κ2) is 13.6. The number of nitrogens with zero attached hydrogens (tertiary/aromatic N) is 2. The van der Waals surface area contributed by atoms with E-state index in [4.69, 9.17) is 53.9 Å². The highest BCUT2D eigenvalue weighted by Crippen LogP contribution is 2.31. The number of halogens is 3. The molecule has 39 heavy (non-hydrogen) atoms. The summed E-state index contributed by atoms with van der Waals surface area (Å²) in [6.45, 7) is 5.06. The van der Waals surface area contributed by atoms with Crippen molar-refractivity contribution in [2.24, 2.45) is 0 Å². The summed E-state index contributed by atoms with van der Waals surface area (Å²) in [7, 11) is 0. The number of carbonyl (C=O) groups excluding carboxylic acids is 3. The summed E-state index contributed by atoms with van der Waals surface area (Å²) in [6.07, 6.45) is -1.39. The van der Waals surface area contributed by atoms with Crippen LogP contribution in [0.15, 0.2) is 60.7 Å². The summed E-state index contributed by atoms with van der Waals surface area (Å²) < 4.78 is 13.6. The third kappa shape index (κ3) is 10.1. The van der Waals surface area contributed by atoms with E-state index in [0.717, 1.165) is 16.2 Å². The van der Waals surface area contributed by atoms with Crippen molar-refractivity contribution in [3.8, 4) is 0 Å². The number of amides is 2. The molecule has 0 aliphatic carbocycles. The van der Waals surface area contributed by atoms with E-state index in [1.54, 1.807) is 20.8 Å². The highest BCUT2D eigenvalue weighted by atomic mass is 35.6. The lowest BCUT2D eigenvalue weighted by molar-refractivity contribution is -0.185. The van der Waals surface area contributed by atoms with E-state index >= 15 is 0 Å². The van der Waals surface area contributed by atoms with Gasteiger partial charge in [-0.2, -0.15) is 5.06 Å². The standard InChI is InChI=1S/C27H31Cl3N2O7/c1-26(2,3)38-24(34)31-16-21(14-15-22(31)23(33)36-17-19-10-6-4-7-11-19)32(25(35)39-27(28,29)30)37-18-20-12-8-5-9-13-20/h4-13,21-22H,14-18H2,1-3H3/t21-,22+/m1/s1. The SMILES string of the molecule is CC(C)(C)OC(=O)N1C[C@H](N(OCc2ccccc2)C(=O)OC(Cl)(Cl)Cl)CC[C@H]1C(=O)OCc1ccccc1. The van der Waals surface area contributed by atoms with Crippen LogP contribution in [0.1, 0.15) is 44.7 Å². The van der Waals surface area contributed by atoms with Crippen molar-refractivity contribution >= 4 is 53.0 Å². The molecule has 0 spiro atoms. The van der Waals surface area contributed by atoms with Crippen LogP contribution in [-0.4, -0.2) is 56.3 Å². The Bertz CT molecular complexity index is 1110. The molecule has 2 amide bonds. The second-order valence-electron chi connectivity index (χ2n) is 9.87. The fourth-order valence-electron chi connectivity index (χ4n) is 3.90. The van der Waals surface area contributed by atoms with Crippen molar-refractivity contribution in [1.29, 1.82) is 0 Å². The molecule has 0 N–H and O–H groups in total. The average molecular weight is 602 g/mol. The highest BCUT2D eigenvalue weighted by Gasteiger charge is 2.43. The minimum absolute atomic E-state index is 0.00127. The number of carbonyl (C=O) groups is 3. The number of esters is 1. The molecule has 9 nitrogen and oxygen atoms in total. The summed E-state index contributed by atoms with van der Waals surface area (Å²) >= 11 is 17.1. The molecule has 2 aromatic carbocycles. The number of rotatable bonds is 7. The van der Waals surface area contributed by atoms with Crippen LogP contribution in [0.2, 0.25) is 0 Å². The van der Waals surface area contributed by atoms with Gasteiger partial charge in [0.25, 0.3) is 0 Å². The van der Waals surface area contributed by atoms with E-state index in [1.165, 1.54) is 4.90 Å². The Morgan fingerprint density at radius 2 is 1.44 bits per heavy atom. The van der Waals surface area contributed by atoms with Gasteiger partial charge in [0.05, 0.1) is 6.04 Å². The first kappa shape index (κ1) is 30.8. The molecule has 0 unspecified atom stereocenters. The third-order valence-corrected chi connectivity index (χ3v) is 5.84. The number of ether oxygens (including phenoxy) is 3. The number of piperidine rings is 1. The first-order chi connectivity index (χ1) is 18.3. The van der Waals surface area contributed by atoms with Crippen molar-refractivity contribution < 1.29 is 33.4 Å². The lowest BCUT2D eigenvalue weighted by atomic mass is 9.98. The van der Waals surface area contributed by atoms with Gasteiger partial charge in [-0.15, -0.1) is 0 Å². The smallest absolute Gasteiger partial charge is 0.437 e. The summed E-state index contributed by atoms with van der Waals surface area (Å²) in [5.74, 6) is -0.594. The lowest BCUT2D eigenvalue weighted by Crippen LogP contribution is -2.58. The molecule has 1 aliphatic rings. The number of likely N-dealkylation sites (tertiary alicyclic amines) is 1. The van der Waals surface area contributed by atoms with Gasteiger partial charge in [0.15, 0.2) is 0 Å². The number of hydroxylamine groups is 2. The maximum Gasteiger partial charge on any atom is 0.437 e. The number of benzene rings is 2. The van der Waals surface area contributed by atoms with Crippen molar-refractivity contribution in [2.45, 2.75) is 68.5 Å². The Morgan fingerprint density at radius 1 is 0.872 bits per heavy atom. The van der Waals surface area contributed by atoms with Crippen LogP contribution in [0.25, 0.3) is 0 Å². The van der Waals surface area contributed by atoms with E-state index in [0.29, 0.717) is 0 Å². The summed E-state index contributed by atoms with van der Waals surface area (Å²) in [5.41, 5.74) is 0.741. The van der Waals surface area contributed by atoms with E-state index in [-0.39, 0.29) is 32.6 Å². The van der Waals surface area contributed by atoms with Gasteiger partial charge < -0.3 is 14.2 Å². The van der Waals surface area contributed by atoms with Crippen LogP contribution in [-0.2, 0) is 37.1 Å². The Labute approximate surface area is 242 Å². The monoisotopic (exact) mass is 600 g/mol. The zero-order chi connectivity index (χ0) is 28.6. The van der Waals surface area contributed by atoms with Gasteiger partial charge in [-0.25, -0.2) is 14.4 Å². The molecule has 0 saturated carbocycles. The largest absolute Gasteiger partial charge is 0.459 e. The summed E-state index contributed by atoms with van der Waals surface area (Å²) in [5, 5.41) is 0.928. The van der Waals surface area contributed by atoms with Gasteiger partial charge in [0.2, 0.25) is 0 Å². The molecule has 0 aromatic heterocycles. The molecule has 1 aliphatic heterocycles. The Morgan fingerprint density at radius 3 is 1.97 bits per heavy atom. The van der Waals surface area contributed by atoms with Gasteiger partial charge in [0.1, 0.15) is 24.9 Å². The van der Waals surface area contributed by atoms with Gasteiger partial charge in [0, 0.05) is 6.54 Å². The van der Waals surface area contributed by atoms with Crippen molar-refractivity contribution in [3.05, 3.63) is 71.8 Å². The van der Waals surface area contributed by atoms with Crippen molar-refractivity contribution in [1.82, 2.24) is 9.96 Å². The van der Waals surface area contributed by atoms with Crippen LogP contribution in [0.5, 0.6) is 0 Å². The zero-order valence-corrected chi connectivity index (χ0v) is 24.1. The highest BCUT2D eigenvalue weighted by molar-refractivity contribution is 6.66. The first-order valence-corrected chi connectivity index (χ1v) is 13.4. The predicted octanol–water partition coefficient (Wildman–Crippen LogP) is 6.40. The number of alkyl halides is 3. The molecular formula is C27H31Cl3N2O7. The molecule has 2 atom stereocenters. The molecule has 0 radical (unpaired) electrons. The number of hydrogen-bond donors (Lipinski definition) is 0. The maximum absolute atomic E-state index is 13.2. The van der Waals surface area contributed by atoms with Crippen LogP contribution >= 0.6 is 34.8 Å². The van der Waals surface area contributed by atoms with E-state index in [2.05, 4.69) is 0 Å². The van der Waals surface area contributed by atoms with Gasteiger partial charge >= 0.3 is 22.1 Å². The molecule has 0 bridgehead atoms. The fraction of sp³-hybridized carbons (Fsp3) is 0.444. The quantitative estimate of drug-likeness (QED) is 0.157. The van der Waals surface area contributed by atoms with E-state index < -0.39 is 39.8 Å². The zero-order valence-electron chi connectivity index (χ0n) is 21.8. The molecule has 1 heterocycles. The molecular weight excluding hydrogens is 571 g/mol. The van der Waals surface area contributed by atoms with Gasteiger partial charge in [-0.3, -0.25) is 9.74 Å². The third-order valence-electron chi connectivity index (χ3n) is 5.61. The van der Waals surface area contributed by atoms with Gasteiger partial charge in [-0.05, 0) is 79.5 Å². The Kier molecular flexibility index (Phi) is 10.7. The molecule has 1 saturated heterocycles. The molecule has 2 aromatic rings. The first-order valence-electron chi connectivity index (χ1n) is 12.3. The summed E-state index contributed by atoms with van der Waals surface area (Å²) in [6, 6.07) is 16.6. The Hall–Kier alpha value is -2.72. The normalized spacial score (nSPS) is 17.7. The molecule has 1 fully saturated rings. The van der Waals surface area contributed by atoms with Crippen LogP contribution in [0.4, 0.5) is 9.59 Å². The lowest BCUT2D eigenvalue weighted by Gasteiger charge is -2.41. The topological polar surface area (TPSA) is 94.6 Å². The van der Waals surface area contributed by atoms with Crippen LogP contribution in [0, 0.1) is 0 Å². The maximum atomic E-state index is 13.2. The molecule has 3 rings (SSSR count). The van der Waals surface area contributed by atoms with Crippen molar-refractivity contribution in [2.75, 3.05) is 6.54 Å². The number of hydrogen-bond acceptors (Lipinski definition) is 7. The molecule has 12 heteroatoms. The Balaban J connectivity index is 1.80. The van der Waals surface area contributed by atoms with Gasteiger partial charge in [-0.1, -0.05) is 60.7 Å². The minimum Gasteiger partial charge on any atom is -0.459 e. The summed E-state index contributed by atoms with van der Waals surface area (Å²) in [4.78, 5) is 46.3. The van der Waals surface area contributed by atoms with Crippen LogP contribution < -0.4 is 0 Å². The predicted molar refractivity (Wildman–Crippen MR) is 146 cm³/mol. The van der Waals surface area contributed by atoms with Crippen LogP contribution in [0.3, 0.4) is 0 Å². The van der Waals surface area contributed by atoms with E-state index in [9.17, 15) is 14.4 Å². The molecule has 212 valence electrons.